The number of allylic oxidation sites excluding steroid dienone is 1. The van der Waals surface area contributed by atoms with E-state index in [1.807, 2.05) is 56.3 Å². The molecular formula is C29H27Cl2NO4. The molecule has 7 heteroatoms. The fourth-order valence-corrected chi connectivity index (χ4v) is 5.29. The number of fused-ring (bicyclic) bond motifs is 1. The van der Waals surface area contributed by atoms with Gasteiger partial charge in [0.1, 0.15) is 12.2 Å². The van der Waals surface area contributed by atoms with Crippen LogP contribution in [0.5, 0.6) is 0 Å². The van der Waals surface area contributed by atoms with Crippen molar-refractivity contribution < 1.29 is 19.4 Å². The van der Waals surface area contributed by atoms with E-state index in [1.165, 1.54) is 0 Å². The Balaban J connectivity index is 1.77. The molecule has 0 radical (unpaired) electrons. The van der Waals surface area contributed by atoms with Crippen LogP contribution in [0.2, 0.25) is 10.0 Å². The van der Waals surface area contributed by atoms with E-state index in [2.05, 4.69) is 6.58 Å². The van der Waals surface area contributed by atoms with Gasteiger partial charge in [0.2, 0.25) is 0 Å². The minimum absolute atomic E-state index is 0.170. The average molecular weight is 524 g/mol. The second kappa shape index (κ2) is 9.66. The van der Waals surface area contributed by atoms with Gasteiger partial charge in [0, 0.05) is 26.7 Å². The first-order chi connectivity index (χ1) is 17.2. The summed E-state index contributed by atoms with van der Waals surface area (Å²) in [6.45, 7) is 8.30. The Bertz CT molecular complexity index is 1310. The number of amides is 1. The summed E-state index contributed by atoms with van der Waals surface area (Å²) in [7, 11) is 0. The van der Waals surface area contributed by atoms with Gasteiger partial charge in [-0.05, 0) is 55.3 Å². The number of rotatable bonds is 6. The number of ether oxygens (including phenoxy) is 2. The predicted molar refractivity (Wildman–Crippen MR) is 141 cm³/mol. The van der Waals surface area contributed by atoms with Crippen LogP contribution in [0.25, 0.3) is 5.57 Å². The summed E-state index contributed by atoms with van der Waals surface area (Å²) in [6, 6.07) is 20.0. The molecule has 1 amide bonds. The lowest BCUT2D eigenvalue weighted by molar-refractivity contribution is -0.172. The van der Waals surface area contributed by atoms with Gasteiger partial charge >= 0.3 is 0 Å². The molecule has 0 spiro atoms. The van der Waals surface area contributed by atoms with Gasteiger partial charge in [-0.25, -0.2) is 0 Å². The maximum Gasteiger partial charge on any atom is 0.257 e. The zero-order valence-corrected chi connectivity index (χ0v) is 21.6. The number of aliphatic hydroxyl groups is 1. The molecule has 1 saturated heterocycles. The van der Waals surface area contributed by atoms with Crippen LogP contribution < -0.4 is 0 Å². The monoisotopic (exact) mass is 523 g/mol. The summed E-state index contributed by atoms with van der Waals surface area (Å²) < 4.78 is 12.3. The van der Waals surface area contributed by atoms with Gasteiger partial charge in [-0.3, -0.25) is 9.69 Å². The summed E-state index contributed by atoms with van der Waals surface area (Å²) in [4.78, 5) is 16.0. The molecule has 2 aliphatic rings. The Kier molecular flexibility index (Phi) is 6.70. The molecule has 0 aliphatic carbocycles. The highest BCUT2D eigenvalue weighted by molar-refractivity contribution is 6.30. The number of hydrogen-bond acceptors (Lipinski definition) is 4. The van der Waals surface area contributed by atoms with Crippen LogP contribution in [-0.2, 0) is 15.2 Å². The lowest BCUT2D eigenvalue weighted by Crippen LogP contribution is -2.51. The Morgan fingerprint density at radius 3 is 2.31 bits per heavy atom. The number of halogens is 2. The van der Waals surface area contributed by atoms with Crippen molar-refractivity contribution in [2.24, 2.45) is 0 Å². The molecule has 3 aromatic rings. The molecule has 5 nitrogen and oxygen atoms in total. The SMILES string of the molecule is C=C(C)c1ccc2c(c1)C(=O)N([C@@H](C)c1ccc(Cl)cc1)[C@@]2(O[C@H]1COC[C@H]1O)c1ccc(Cl)cc1. The number of nitrogens with zero attached hydrogens (tertiary/aromatic N) is 1. The predicted octanol–water partition coefficient (Wildman–Crippen LogP) is 6.22. The van der Waals surface area contributed by atoms with Crippen molar-refractivity contribution in [2.75, 3.05) is 13.2 Å². The lowest BCUT2D eigenvalue weighted by atomic mass is 9.90. The molecular weight excluding hydrogens is 497 g/mol. The van der Waals surface area contributed by atoms with Crippen molar-refractivity contribution in [2.45, 2.75) is 37.8 Å². The first-order valence-electron chi connectivity index (χ1n) is 11.8. The van der Waals surface area contributed by atoms with Gasteiger partial charge in [0.25, 0.3) is 5.91 Å². The van der Waals surface area contributed by atoms with Crippen LogP contribution in [0.3, 0.4) is 0 Å². The standard InChI is InChI=1S/C29H27Cl2NO4/c1-17(2)20-6-13-25-24(14-20)28(34)32(18(3)19-4-9-22(30)10-5-19)29(25,21-7-11-23(31)12-8-21)36-27-16-35-15-26(27)33/h4-14,18,26-27,33H,1,15-16H2,2-3H3/t18-,26+,27-,29+/m0/s1. The third kappa shape index (κ3) is 4.15. The van der Waals surface area contributed by atoms with Crippen LogP contribution in [0, 0.1) is 0 Å². The number of benzene rings is 3. The van der Waals surface area contributed by atoms with Gasteiger partial charge in [-0.2, -0.15) is 0 Å². The van der Waals surface area contributed by atoms with Crippen molar-refractivity contribution >= 4 is 34.7 Å². The van der Waals surface area contributed by atoms with Crippen molar-refractivity contribution in [1.29, 1.82) is 0 Å². The molecule has 2 heterocycles. The molecule has 1 N–H and O–H groups in total. The average Bonchev–Trinajstić information content (AvgIpc) is 3.38. The Morgan fingerprint density at radius 2 is 1.72 bits per heavy atom. The Labute approximate surface area is 220 Å². The van der Waals surface area contributed by atoms with Crippen molar-refractivity contribution in [3.8, 4) is 0 Å². The number of aliphatic hydroxyl groups excluding tert-OH is 1. The number of carbonyl (C=O) groups excluding carboxylic acids is 1. The van der Waals surface area contributed by atoms with Crippen LogP contribution in [0.1, 0.15) is 52.5 Å². The molecule has 5 rings (SSSR count). The summed E-state index contributed by atoms with van der Waals surface area (Å²) >= 11 is 12.4. The van der Waals surface area contributed by atoms with Gasteiger partial charge in [0.05, 0.1) is 19.3 Å². The Morgan fingerprint density at radius 1 is 1.08 bits per heavy atom. The zero-order chi connectivity index (χ0) is 25.6. The molecule has 0 saturated carbocycles. The maximum absolute atomic E-state index is 14.2. The normalized spacial score (nSPS) is 24.1. The van der Waals surface area contributed by atoms with Crippen LogP contribution in [-0.4, -0.2) is 41.3 Å². The smallest absolute Gasteiger partial charge is 0.257 e. The third-order valence-corrected chi connectivity index (χ3v) is 7.47. The van der Waals surface area contributed by atoms with E-state index < -0.39 is 24.0 Å². The second-order valence-corrected chi connectivity index (χ2v) is 10.2. The summed E-state index contributed by atoms with van der Waals surface area (Å²) in [5, 5.41) is 11.8. The number of hydrogen-bond donors (Lipinski definition) is 1. The maximum atomic E-state index is 14.2. The van der Waals surface area contributed by atoms with Gasteiger partial charge in [0.15, 0.2) is 5.72 Å². The lowest BCUT2D eigenvalue weighted by Gasteiger charge is -2.44. The van der Waals surface area contributed by atoms with E-state index in [0.717, 1.165) is 22.3 Å². The van der Waals surface area contributed by atoms with Gasteiger partial charge in [-0.15, -0.1) is 0 Å². The highest BCUT2D eigenvalue weighted by Crippen LogP contribution is 2.51. The molecule has 186 valence electrons. The van der Waals surface area contributed by atoms with E-state index in [4.69, 9.17) is 32.7 Å². The van der Waals surface area contributed by atoms with E-state index in [0.29, 0.717) is 21.2 Å². The van der Waals surface area contributed by atoms with Crippen molar-refractivity contribution in [1.82, 2.24) is 4.90 Å². The molecule has 3 aromatic carbocycles. The van der Waals surface area contributed by atoms with E-state index in [-0.39, 0.29) is 19.1 Å². The van der Waals surface area contributed by atoms with E-state index in [9.17, 15) is 9.90 Å². The number of carbonyl (C=O) groups is 1. The largest absolute Gasteiger partial charge is 0.388 e. The first-order valence-corrected chi connectivity index (χ1v) is 12.6. The second-order valence-electron chi connectivity index (χ2n) is 9.36. The molecule has 36 heavy (non-hydrogen) atoms. The van der Waals surface area contributed by atoms with Crippen LogP contribution >= 0.6 is 23.2 Å². The molecule has 0 bridgehead atoms. The molecule has 1 fully saturated rings. The summed E-state index contributed by atoms with van der Waals surface area (Å²) in [5.41, 5.74) is 3.24. The minimum atomic E-state index is -1.33. The fourth-order valence-electron chi connectivity index (χ4n) is 5.04. The molecule has 2 aliphatic heterocycles. The highest BCUT2D eigenvalue weighted by Gasteiger charge is 2.56. The van der Waals surface area contributed by atoms with E-state index in [1.54, 1.807) is 29.2 Å². The minimum Gasteiger partial charge on any atom is -0.388 e. The fraction of sp³-hybridized carbons (Fsp3) is 0.276. The molecule has 0 unspecified atom stereocenters. The van der Waals surface area contributed by atoms with E-state index >= 15 is 0 Å². The molecule has 0 aromatic heterocycles. The topological polar surface area (TPSA) is 59.0 Å². The van der Waals surface area contributed by atoms with Crippen molar-refractivity contribution in [3.05, 3.63) is 111 Å². The van der Waals surface area contributed by atoms with Crippen LogP contribution in [0.4, 0.5) is 0 Å². The summed E-state index contributed by atoms with van der Waals surface area (Å²) in [6.07, 6.45) is -1.46. The van der Waals surface area contributed by atoms with Gasteiger partial charge in [-0.1, -0.05) is 71.8 Å². The first kappa shape index (κ1) is 25.0. The summed E-state index contributed by atoms with van der Waals surface area (Å²) in [5.74, 6) is -0.182. The van der Waals surface area contributed by atoms with Crippen LogP contribution in [0.15, 0.2) is 73.3 Å². The zero-order valence-electron chi connectivity index (χ0n) is 20.1. The Hall–Kier alpha value is -2.67. The highest BCUT2D eigenvalue weighted by atomic mass is 35.5. The third-order valence-electron chi connectivity index (χ3n) is 6.96. The molecule has 4 atom stereocenters. The van der Waals surface area contributed by atoms with Gasteiger partial charge < -0.3 is 14.6 Å². The van der Waals surface area contributed by atoms with Crippen molar-refractivity contribution in [3.63, 3.8) is 0 Å². The quantitative estimate of drug-likeness (QED) is 0.416.